The van der Waals surface area contributed by atoms with Gasteiger partial charge >= 0.3 is 23.9 Å². The van der Waals surface area contributed by atoms with Crippen LogP contribution < -0.4 is 0 Å². The van der Waals surface area contributed by atoms with Crippen molar-refractivity contribution < 1.29 is 42.9 Å². The maximum atomic E-state index is 12.3. The van der Waals surface area contributed by atoms with Gasteiger partial charge in [-0.1, -0.05) is 55.4 Å². The smallest absolute Gasteiger partial charge is 0.306 e. The molecule has 0 aliphatic heterocycles. The highest BCUT2D eigenvalue weighted by molar-refractivity contribution is 5.71. The van der Waals surface area contributed by atoms with Crippen molar-refractivity contribution in [1.29, 1.82) is 0 Å². The average molecular weight is 559 g/mol. The fourth-order valence-corrected chi connectivity index (χ4v) is 3.20. The molecule has 0 aromatic carbocycles. The third-order valence-electron chi connectivity index (χ3n) is 5.77. The lowest BCUT2D eigenvalue weighted by Gasteiger charge is -2.22. The zero-order chi connectivity index (χ0) is 29.8. The molecule has 0 saturated carbocycles. The van der Waals surface area contributed by atoms with E-state index in [1.165, 1.54) is 0 Å². The molecule has 0 aromatic heterocycles. The van der Waals surface area contributed by atoms with Crippen LogP contribution in [-0.2, 0) is 42.9 Å². The van der Waals surface area contributed by atoms with E-state index in [-0.39, 0.29) is 64.0 Å². The largest absolute Gasteiger partial charge is 0.462 e. The summed E-state index contributed by atoms with van der Waals surface area (Å²) >= 11 is 0. The minimum absolute atomic E-state index is 0.0633. The lowest BCUT2D eigenvalue weighted by molar-refractivity contribution is -0.169. The van der Waals surface area contributed by atoms with Crippen LogP contribution in [0, 0.1) is 23.7 Å². The summed E-state index contributed by atoms with van der Waals surface area (Å²) in [5.41, 5.74) is 0. The summed E-state index contributed by atoms with van der Waals surface area (Å²) in [6, 6.07) is 0. The van der Waals surface area contributed by atoms with Gasteiger partial charge in [-0.05, 0) is 49.4 Å². The van der Waals surface area contributed by atoms with Crippen molar-refractivity contribution >= 4 is 23.9 Å². The van der Waals surface area contributed by atoms with Gasteiger partial charge in [-0.15, -0.1) is 0 Å². The Kier molecular flexibility index (Phi) is 20.4. The summed E-state index contributed by atoms with van der Waals surface area (Å²) in [5, 5.41) is 0. The standard InChI is InChI=1S/C30H54O9/c1-21(2)9-13-27(31)36-19-25(38-29(33)15-11-23(5)6)17-35-18-26(39-30(34)16-12-24(7)8)20-37-28(32)14-10-22(3)4/h21-26H,9-20H2,1-8H3. The summed E-state index contributed by atoms with van der Waals surface area (Å²) in [6.07, 6.45) is 2.20. The quantitative estimate of drug-likeness (QED) is 0.123. The molecule has 39 heavy (non-hydrogen) atoms. The maximum Gasteiger partial charge on any atom is 0.306 e. The van der Waals surface area contributed by atoms with Gasteiger partial charge in [-0.3, -0.25) is 19.2 Å². The van der Waals surface area contributed by atoms with E-state index in [2.05, 4.69) is 0 Å². The molecule has 2 atom stereocenters. The molecule has 0 radical (unpaired) electrons. The Morgan fingerprint density at radius 1 is 0.436 bits per heavy atom. The first kappa shape index (κ1) is 36.8. The number of hydrogen-bond donors (Lipinski definition) is 0. The minimum atomic E-state index is -0.807. The van der Waals surface area contributed by atoms with E-state index in [9.17, 15) is 19.2 Å². The van der Waals surface area contributed by atoms with Crippen LogP contribution in [0.4, 0.5) is 0 Å². The molecule has 0 N–H and O–H groups in total. The van der Waals surface area contributed by atoms with Gasteiger partial charge in [0.1, 0.15) is 13.2 Å². The Hall–Kier alpha value is -2.16. The van der Waals surface area contributed by atoms with Gasteiger partial charge in [0.05, 0.1) is 13.2 Å². The molecule has 0 rings (SSSR count). The van der Waals surface area contributed by atoms with Crippen molar-refractivity contribution in [2.24, 2.45) is 23.7 Å². The van der Waals surface area contributed by atoms with Crippen molar-refractivity contribution in [2.45, 2.75) is 119 Å². The van der Waals surface area contributed by atoms with Crippen molar-refractivity contribution in [2.75, 3.05) is 26.4 Å². The first-order valence-corrected chi connectivity index (χ1v) is 14.6. The first-order valence-electron chi connectivity index (χ1n) is 14.6. The van der Waals surface area contributed by atoms with Gasteiger partial charge in [0.2, 0.25) is 0 Å². The second kappa shape index (κ2) is 21.6. The van der Waals surface area contributed by atoms with Crippen LogP contribution in [0.5, 0.6) is 0 Å². The molecule has 228 valence electrons. The number of esters is 4. The molecular weight excluding hydrogens is 504 g/mol. The molecule has 0 heterocycles. The van der Waals surface area contributed by atoms with E-state index in [4.69, 9.17) is 23.7 Å². The fraction of sp³-hybridized carbons (Fsp3) is 0.867. The lowest BCUT2D eigenvalue weighted by atomic mass is 10.1. The summed E-state index contributed by atoms with van der Waals surface area (Å²) in [4.78, 5) is 48.9. The van der Waals surface area contributed by atoms with Gasteiger partial charge in [0.15, 0.2) is 12.2 Å². The normalized spacial score (nSPS) is 13.0. The van der Waals surface area contributed by atoms with Crippen molar-refractivity contribution in [3.63, 3.8) is 0 Å². The van der Waals surface area contributed by atoms with Gasteiger partial charge in [0.25, 0.3) is 0 Å². The van der Waals surface area contributed by atoms with Crippen molar-refractivity contribution in [1.82, 2.24) is 0 Å². The third kappa shape index (κ3) is 23.4. The van der Waals surface area contributed by atoms with Gasteiger partial charge in [-0.25, -0.2) is 0 Å². The summed E-state index contributed by atoms with van der Waals surface area (Å²) in [5.74, 6) is -0.103. The van der Waals surface area contributed by atoms with Gasteiger partial charge < -0.3 is 23.7 Å². The highest BCUT2D eigenvalue weighted by atomic mass is 16.6. The van der Waals surface area contributed by atoms with Gasteiger partial charge in [0, 0.05) is 25.7 Å². The Labute approximate surface area is 236 Å². The number of rotatable bonds is 22. The molecule has 0 aliphatic rings. The molecule has 0 bridgehead atoms. The predicted octanol–water partition coefficient (Wildman–Crippen LogP) is 5.66. The zero-order valence-corrected chi connectivity index (χ0v) is 25.6. The molecule has 0 saturated heterocycles. The van der Waals surface area contributed by atoms with Crippen molar-refractivity contribution in [3.05, 3.63) is 0 Å². The molecule has 0 amide bonds. The highest BCUT2D eigenvalue weighted by Crippen LogP contribution is 2.11. The second-order valence-corrected chi connectivity index (χ2v) is 11.9. The Balaban J connectivity index is 5.07. The molecule has 0 fully saturated rings. The fourth-order valence-electron chi connectivity index (χ4n) is 3.20. The average Bonchev–Trinajstić information content (AvgIpc) is 2.85. The topological polar surface area (TPSA) is 114 Å². The summed E-state index contributed by atoms with van der Waals surface area (Å²) in [7, 11) is 0. The van der Waals surface area contributed by atoms with Crippen LogP contribution in [0.3, 0.4) is 0 Å². The molecule has 0 spiro atoms. The molecule has 9 heteroatoms. The first-order chi connectivity index (χ1) is 18.3. The van der Waals surface area contributed by atoms with E-state index in [1.807, 2.05) is 55.4 Å². The Morgan fingerprint density at radius 3 is 1.00 bits per heavy atom. The SMILES string of the molecule is CC(C)CCC(=O)OCC(COCC(COC(=O)CCC(C)C)OC(=O)CCC(C)C)OC(=O)CCC(C)C. The van der Waals surface area contributed by atoms with E-state index in [0.717, 1.165) is 0 Å². The number of hydrogen-bond acceptors (Lipinski definition) is 9. The summed E-state index contributed by atoms with van der Waals surface area (Å²) < 4.78 is 27.4. The molecule has 0 aromatic rings. The predicted molar refractivity (Wildman–Crippen MR) is 149 cm³/mol. The minimum Gasteiger partial charge on any atom is -0.462 e. The van der Waals surface area contributed by atoms with Crippen LogP contribution in [0.15, 0.2) is 0 Å². The molecular formula is C30H54O9. The van der Waals surface area contributed by atoms with E-state index < -0.39 is 24.1 Å². The van der Waals surface area contributed by atoms with Crippen LogP contribution in [0.1, 0.15) is 107 Å². The third-order valence-corrected chi connectivity index (χ3v) is 5.77. The number of ether oxygens (including phenoxy) is 5. The zero-order valence-electron chi connectivity index (χ0n) is 25.6. The lowest BCUT2D eigenvalue weighted by Crippen LogP contribution is -2.34. The summed E-state index contributed by atoms with van der Waals surface area (Å²) in [6.45, 7) is 15.8. The Bertz CT molecular complexity index is 643. The van der Waals surface area contributed by atoms with Gasteiger partial charge in [-0.2, -0.15) is 0 Å². The van der Waals surface area contributed by atoms with E-state index in [1.54, 1.807) is 0 Å². The molecule has 9 nitrogen and oxygen atoms in total. The number of carbonyl (C=O) groups is 4. The van der Waals surface area contributed by atoms with Crippen molar-refractivity contribution in [3.8, 4) is 0 Å². The maximum absolute atomic E-state index is 12.3. The van der Waals surface area contributed by atoms with E-state index >= 15 is 0 Å². The molecule has 2 unspecified atom stereocenters. The molecule has 0 aliphatic carbocycles. The highest BCUT2D eigenvalue weighted by Gasteiger charge is 2.22. The second-order valence-electron chi connectivity index (χ2n) is 11.9. The van der Waals surface area contributed by atoms with Crippen LogP contribution in [0.2, 0.25) is 0 Å². The van der Waals surface area contributed by atoms with Crippen LogP contribution in [-0.4, -0.2) is 62.5 Å². The Morgan fingerprint density at radius 2 is 0.718 bits per heavy atom. The monoisotopic (exact) mass is 558 g/mol. The van der Waals surface area contributed by atoms with Crippen LogP contribution >= 0.6 is 0 Å². The van der Waals surface area contributed by atoms with E-state index in [0.29, 0.717) is 49.4 Å². The van der Waals surface area contributed by atoms with Crippen LogP contribution in [0.25, 0.3) is 0 Å². The number of carbonyl (C=O) groups excluding carboxylic acids is 4.